The minimum Gasteiger partial charge on any atom is -0.429 e. The fourth-order valence-corrected chi connectivity index (χ4v) is 3.24. The van der Waals surface area contributed by atoms with Gasteiger partial charge in [-0.15, -0.1) is 0 Å². The molecule has 0 amide bonds. The van der Waals surface area contributed by atoms with Crippen molar-refractivity contribution in [1.82, 2.24) is 0 Å². The van der Waals surface area contributed by atoms with Crippen LogP contribution < -0.4 is 0 Å². The summed E-state index contributed by atoms with van der Waals surface area (Å²) >= 11 is 0. The summed E-state index contributed by atoms with van der Waals surface area (Å²) in [6.07, 6.45) is 4.79. The summed E-state index contributed by atoms with van der Waals surface area (Å²) < 4.78 is 19.1. The zero-order valence-electron chi connectivity index (χ0n) is 20.3. The Labute approximate surface area is 199 Å². The molecular formula is C22H36O12. The van der Waals surface area contributed by atoms with Crippen molar-refractivity contribution in [2.75, 3.05) is 0 Å². The van der Waals surface area contributed by atoms with E-state index in [9.17, 15) is 19.2 Å². The number of carbonyl (C=O) groups is 4. The van der Waals surface area contributed by atoms with E-state index in [0.717, 1.165) is 51.4 Å². The van der Waals surface area contributed by atoms with Gasteiger partial charge >= 0.3 is 24.6 Å². The van der Waals surface area contributed by atoms with E-state index in [1.807, 2.05) is 0 Å². The first-order valence-corrected chi connectivity index (χ1v) is 11.7. The standard InChI is InChI=1S/C14H22O6.C8H14O6/c15-13(17-11-7-3-1-4-8-11)19-20-14(16)18-12-9-5-2-6-10-12;1-5(2)11-7(9)13-14-8(10)12-6(3)4/h11-12H,1-10H2;5-6H,1-4H3. The Morgan fingerprint density at radius 3 is 1.09 bits per heavy atom. The molecule has 12 nitrogen and oxygen atoms in total. The van der Waals surface area contributed by atoms with Crippen LogP contribution >= 0.6 is 0 Å². The van der Waals surface area contributed by atoms with E-state index < -0.39 is 24.6 Å². The van der Waals surface area contributed by atoms with Gasteiger partial charge < -0.3 is 18.9 Å². The molecule has 0 heterocycles. The Morgan fingerprint density at radius 2 is 0.794 bits per heavy atom. The molecule has 0 N–H and O–H groups in total. The Morgan fingerprint density at radius 1 is 0.500 bits per heavy atom. The van der Waals surface area contributed by atoms with E-state index in [1.165, 1.54) is 12.8 Å². The Kier molecular flexibility index (Phi) is 14.3. The lowest BCUT2D eigenvalue weighted by Crippen LogP contribution is -2.25. The van der Waals surface area contributed by atoms with E-state index in [0.29, 0.717) is 0 Å². The quantitative estimate of drug-likeness (QED) is 0.199. The summed E-state index contributed by atoms with van der Waals surface area (Å²) in [7, 11) is 0. The molecule has 2 fully saturated rings. The number of hydrogen-bond acceptors (Lipinski definition) is 12. The van der Waals surface area contributed by atoms with Gasteiger partial charge in [-0.3, -0.25) is 0 Å². The number of hydrogen-bond donors (Lipinski definition) is 0. The summed E-state index contributed by atoms with van der Waals surface area (Å²) in [5.74, 6) is 0. The van der Waals surface area contributed by atoms with Gasteiger partial charge in [-0.2, -0.15) is 38.7 Å². The first-order valence-electron chi connectivity index (χ1n) is 11.7. The highest BCUT2D eigenvalue weighted by molar-refractivity contribution is 5.64. The second-order valence-electron chi connectivity index (χ2n) is 8.42. The van der Waals surface area contributed by atoms with Crippen LogP contribution in [0.2, 0.25) is 0 Å². The number of rotatable bonds is 4. The minimum atomic E-state index is -1.08. The molecule has 0 unspecified atom stereocenters. The maximum absolute atomic E-state index is 11.3. The summed E-state index contributed by atoms with van der Waals surface area (Å²) in [6, 6.07) is 0. The second kappa shape index (κ2) is 16.7. The van der Waals surface area contributed by atoms with Gasteiger partial charge in [0, 0.05) is 0 Å². The SMILES string of the molecule is CC(C)OC(=O)OOC(=O)OC(C)C.O=C(OOC(=O)OC1CCCCC1)OC1CCCCC1. The van der Waals surface area contributed by atoms with Crippen LogP contribution in [0.1, 0.15) is 91.9 Å². The molecule has 0 radical (unpaired) electrons. The molecule has 2 saturated carbocycles. The Balaban J connectivity index is 0.000000365. The summed E-state index contributed by atoms with van der Waals surface area (Å²) in [5.41, 5.74) is 0. The molecule has 34 heavy (non-hydrogen) atoms. The normalized spacial score (nSPS) is 16.4. The zero-order chi connectivity index (χ0) is 25.3. The predicted octanol–water partition coefficient (Wildman–Crippen LogP) is 5.90. The number of ether oxygens (including phenoxy) is 4. The van der Waals surface area contributed by atoms with Crippen LogP contribution in [0.25, 0.3) is 0 Å². The molecule has 0 aliphatic heterocycles. The monoisotopic (exact) mass is 492 g/mol. The van der Waals surface area contributed by atoms with E-state index in [4.69, 9.17) is 9.47 Å². The van der Waals surface area contributed by atoms with Gasteiger partial charge in [0.1, 0.15) is 12.2 Å². The van der Waals surface area contributed by atoms with Crippen molar-refractivity contribution in [2.24, 2.45) is 0 Å². The smallest absolute Gasteiger partial charge is 0.429 e. The highest BCUT2D eigenvalue weighted by Gasteiger charge is 2.23. The van der Waals surface area contributed by atoms with Gasteiger partial charge in [-0.25, -0.2) is 0 Å². The van der Waals surface area contributed by atoms with Gasteiger partial charge in [0.2, 0.25) is 0 Å². The summed E-state index contributed by atoms with van der Waals surface area (Å²) in [5, 5.41) is 0. The lowest BCUT2D eigenvalue weighted by molar-refractivity contribution is -0.226. The zero-order valence-corrected chi connectivity index (χ0v) is 20.3. The fraction of sp³-hybridized carbons (Fsp3) is 0.818. The molecule has 0 spiro atoms. The van der Waals surface area contributed by atoms with Crippen molar-refractivity contribution in [2.45, 2.75) is 116 Å². The molecule has 0 aromatic heterocycles. The van der Waals surface area contributed by atoms with Crippen molar-refractivity contribution in [3.63, 3.8) is 0 Å². The minimum absolute atomic E-state index is 0.130. The predicted molar refractivity (Wildman–Crippen MR) is 114 cm³/mol. The lowest BCUT2D eigenvalue weighted by Gasteiger charge is -2.21. The molecule has 0 saturated heterocycles. The van der Waals surface area contributed by atoms with E-state index in [2.05, 4.69) is 29.0 Å². The lowest BCUT2D eigenvalue weighted by atomic mass is 9.98. The van der Waals surface area contributed by atoms with Crippen LogP contribution in [0, 0.1) is 0 Å². The van der Waals surface area contributed by atoms with Crippen molar-refractivity contribution in [1.29, 1.82) is 0 Å². The Bertz CT molecular complexity index is 567. The fourth-order valence-electron chi connectivity index (χ4n) is 3.24. The van der Waals surface area contributed by atoms with Crippen LogP contribution in [-0.2, 0) is 38.5 Å². The Hall–Kier alpha value is -2.92. The third kappa shape index (κ3) is 15.0. The van der Waals surface area contributed by atoms with Crippen molar-refractivity contribution in [3.8, 4) is 0 Å². The highest BCUT2D eigenvalue weighted by Crippen LogP contribution is 2.22. The average Bonchev–Trinajstić information content (AvgIpc) is 2.77. The topological polar surface area (TPSA) is 142 Å². The van der Waals surface area contributed by atoms with Gasteiger partial charge in [-0.1, -0.05) is 12.8 Å². The highest BCUT2D eigenvalue weighted by atomic mass is 17.3. The van der Waals surface area contributed by atoms with Crippen LogP contribution in [0.15, 0.2) is 0 Å². The third-order valence-corrected chi connectivity index (χ3v) is 4.65. The molecular weight excluding hydrogens is 456 g/mol. The molecule has 0 aromatic rings. The van der Waals surface area contributed by atoms with Gasteiger partial charge in [0.05, 0.1) is 12.2 Å². The average molecular weight is 493 g/mol. The van der Waals surface area contributed by atoms with Crippen molar-refractivity contribution < 1.29 is 57.7 Å². The molecule has 0 aromatic carbocycles. The molecule has 2 aliphatic rings. The molecule has 196 valence electrons. The molecule has 12 heteroatoms. The summed E-state index contributed by atoms with van der Waals surface area (Å²) in [4.78, 5) is 60.6. The number of carbonyl (C=O) groups excluding carboxylic acids is 4. The first-order chi connectivity index (χ1) is 16.2. The molecule has 0 atom stereocenters. The molecule has 2 aliphatic carbocycles. The van der Waals surface area contributed by atoms with Gasteiger partial charge in [0.25, 0.3) is 0 Å². The van der Waals surface area contributed by atoms with Crippen molar-refractivity contribution >= 4 is 24.6 Å². The van der Waals surface area contributed by atoms with E-state index in [1.54, 1.807) is 27.7 Å². The van der Waals surface area contributed by atoms with Crippen molar-refractivity contribution in [3.05, 3.63) is 0 Å². The largest absolute Gasteiger partial charge is 0.550 e. The van der Waals surface area contributed by atoms with Crippen LogP contribution in [-0.4, -0.2) is 49.0 Å². The second-order valence-corrected chi connectivity index (χ2v) is 8.42. The van der Waals surface area contributed by atoms with Crippen LogP contribution in [0.3, 0.4) is 0 Å². The third-order valence-electron chi connectivity index (χ3n) is 4.65. The van der Waals surface area contributed by atoms with Gasteiger partial charge in [0.15, 0.2) is 0 Å². The van der Waals surface area contributed by atoms with Crippen LogP contribution in [0.5, 0.6) is 0 Å². The molecule has 0 bridgehead atoms. The van der Waals surface area contributed by atoms with Gasteiger partial charge in [-0.05, 0) is 79.1 Å². The molecule has 2 rings (SSSR count). The maximum atomic E-state index is 11.3. The first kappa shape index (κ1) is 29.1. The summed E-state index contributed by atoms with van der Waals surface area (Å²) in [6.45, 7) is 6.53. The van der Waals surface area contributed by atoms with Crippen LogP contribution in [0.4, 0.5) is 19.2 Å². The maximum Gasteiger partial charge on any atom is 0.550 e. The van der Waals surface area contributed by atoms with E-state index in [-0.39, 0.29) is 24.4 Å². The van der Waals surface area contributed by atoms with E-state index >= 15 is 0 Å².